The van der Waals surface area contributed by atoms with E-state index >= 15 is 0 Å². The van der Waals surface area contributed by atoms with Crippen molar-refractivity contribution in [2.24, 2.45) is 0 Å². The maximum atomic E-state index is 13.5. The lowest BCUT2D eigenvalue weighted by Crippen LogP contribution is -2.08. The van der Waals surface area contributed by atoms with Crippen molar-refractivity contribution in [2.45, 2.75) is 13.8 Å². The molecule has 2 heterocycles. The number of carbonyl (C=O) groups excluding carboxylic acids is 1. The number of rotatable bonds is 3. The van der Waals surface area contributed by atoms with Crippen molar-refractivity contribution in [1.82, 2.24) is 9.97 Å². The number of benzene rings is 1. The normalized spacial score (nSPS) is 10.7. The van der Waals surface area contributed by atoms with Crippen LogP contribution in [-0.4, -0.2) is 23.0 Å². The summed E-state index contributed by atoms with van der Waals surface area (Å²) < 4.78 is 18.3. The Morgan fingerprint density at radius 3 is 2.71 bits per heavy atom. The van der Waals surface area contributed by atoms with Crippen LogP contribution in [0.1, 0.15) is 21.6 Å². The summed E-state index contributed by atoms with van der Waals surface area (Å²) >= 11 is 0. The van der Waals surface area contributed by atoms with Crippen LogP contribution in [0.15, 0.2) is 36.5 Å². The Balaban J connectivity index is 2.18. The minimum Gasteiger partial charge on any atom is -0.465 e. The summed E-state index contributed by atoms with van der Waals surface area (Å²) in [6, 6.07) is 8.34. The number of esters is 1. The molecule has 0 aliphatic carbocycles. The summed E-state index contributed by atoms with van der Waals surface area (Å²) in [5, 5.41) is 3.86. The molecule has 0 aliphatic heterocycles. The second-order valence-corrected chi connectivity index (χ2v) is 5.45. The molecule has 0 aliphatic rings. The van der Waals surface area contributed by atoms with Gasteiger partial charge in [0.05, 0.1) is 12.8 Å². The van der Waals surface area contributed by atoms with Gasteiger partial charge in [-0.15, -0.1) is 0 Å². The van der Waals surface area contributed by atoms with Crippen molar-refractivity contribution in [3.05, 3.63) is 59.2 Å². The Morgan fingerprint density at radius 1 is 1.21 bits per heavy atom. The monoisotopic (exact) mass is 325 g/mol. The van der Waals surface area contributed by atoms with Crippen LogP contribution < -0.4 is 5.32 Å². The largest absolute Gasteiger partial charge is 0.465 e. The van der Waals surface area contributed by atoms with Gasteiger partial charge in [0.25, 0.3) is 0 Å². The van der Waals surface area contributed by atoms with Gasteiger partial charge in [-0.05, 0) is 49.7 Å². The van der Waals surface area contributed by atoms with E-state index < -0.39 is 5.97 Å². The number of nitrogens with zero attached hydrogens (tertiary/aromatic N) is 2. The van der Waals surface area contributed by atoms with Crippen molar-refractivity contribution in [3.8, 4) is 0 Å². The molecule has 2 aromatic heterocycles. The summed E-state index contributed by atoms with van der Waals surface area (Å²) in [4.78, 5) is 20.7. The van der Waals surface area contributed by atoms with Crippen molar-refractivity contribution < 1.29 is 13.9 Å². The smallest absolute Gasteiger partial charge is 0.341 e. The molecule has 0 saturated heterocycles. The number of aromatic nitrogens is 2. The average Bonchev–Trinajstić information content (AvgIpc) is 2.57. The van der Waals surface area contributed by atoms with E-state index in [0.29, 0.717) is 28.0 Å². The third kappa shape index (κ3) is 2.90. The van der Waals surface area contributed by atoms with Crippen LogP contribution in [0.2, 0.25) is 0 Å². The maximum absolute atomic E-state index is 13.5. The quantitative estimate of drug-likeness (QED) is 0.740. The SMILES string of the molecule is COC(=O)c1cnc2nc(C)ccc2c1Nc1ccc(F)c(C)c1. The first-order valence-corrected chi connectivity index (χ1v) is 7.37. The van der Waals surface area contributed by atoms with Crippen LogP contribution in [0.3, 0.4) is 0 Å². The van der Waals surface area contributed by atoms with Crippen LogP contribution in [0.5, 0.6) is 0 Å². The molecule has 0 atom stereocenters. The lowest BCUT2D eigenvalue weighted by atomic mass is 10.1. The van der Waals surface area contributed by atoms with Crippen LogP contribution in [0.25, 0.3) is 11.0 Å². The second kappa shape index (κ2) is 6.23. The van der Waals surface area contributed by atoms with Crippen LogP contribution in [-0.2, 0) is 4.74 Å². The Labute approximate surface area is 138 Å². The van der Waals surface area contributed by atoms with Crippen molar-refractivity contribution in [2.75, 3.05) is 12.4 Å². The number of methoxy groups -OCH3 is 1. The lowest BCUT2D eigenvalue weighted by Gasteiger charge is -2.14. The highest BCUT2D eigenvalue weighted by Gasteiger charge is 2.17. The molecule has 3 rings (SSSR count). The third-order valence-corrected chi connectivity index (χ3v) is 3.70. The molecular formula is C18H16FN3O2. The Hall–Kier alpha value is -3.02. The van der Waals surface area contributed by atoms with E-state index in [4.69, 9.17) is 4.74 Å². The van der Waals surface area contributed by atoms with E-state index in [9.17, 15) is 9.18 Å². The van der Waals surface area contributed by atoms with E-state index in [0.717, 1.165) is 5.69 Å². The summed E-state index contributed by atoms with van der Waals surface area (Å²) in [7, 11) is 1.31. The number of pyridine rings is 2. The number of halogens is 1. The van der Waals surface area contributed by atoms with Gasteiger partial charge in [0.2, 0.25) is 0 Å². The van der Waals surface area contributed by atoms with Crippen LogP contribution >= 0.6 is 0 Å². The van der Waals surface area contributed by atoms with Crippen molar-refractivity contribution in [3.63, 3.8) is 0 Å². The highest BCUT2D eigenvalue weighted by Crippen LogP contribution is 2.29. The minimum atomic E-state index is -0.508. The van der Waals surface area contributed by atoms with Crippen molar-refractivity contribution >= 4 is 28.4 Å². The first kappa shape index (κ1) is 15.9. The van der Waals surface area contributed by atoms with Crippen LogP contribution in [0, 0.1) is 19.7 Å². The highest BCUT2D eigenvalue weighted by molar-refractivity contribution is 6.05. The fourth-order valence-electron chi connectivity index (χ4n) is 2.44. The van der Waals surface area contributed by atoms with Gasteiger partial charge in [0.1, 0.15) is 11.4 Å². The first-order chi connectivity index (χ1) is 11.5. The number of ether oxygens (including phenoxy) is 1. The molecule has 0 amide bonds. The molecule has 122 valence electrons. The number of nitrogens with one attached hydrogen (secondary N) is 1. The molecular weight excluding hydrogens is 309 g/mol. The topological polar surface area (TPSA) is 64.1 Å². The van der Waals surface area contributed by atoms with E-state index in [1.165, 1.54) is 19.4 Å². The van der Waals surface area contributed by atoms with Gasteiger partial charge >= 0.3 is 5.97 Å². The molecule has 0 bridgehead atoms. The highest BCUT2D eigenvalue weighted by atomic mass is 19.1. The van der Waals surface area contributed by atoms with E-state index in [1.807, 2.05) is 19.1 Å². The fraction of sp³-hybridized carbons (Fsp3) is 0.167. The zero-order valence-electron chi connectivity index (χ0n) is 13.6. The second-order valence-electron chi connectivity index (χ2n) is 5.45. The molecule has 5 nitrogen and oxygen atoms in total. The van der Waals surface area contributed by atoms with Gasteiger partial charge in [0.15, 0.2) is 5.65 Å². The van der Waals surface area contributed by atoms with Gasteiger partial charge in [-0.1, -0.05) is 0 Å². The molecule has 24 heavy (non-hydrogen) atoms. The number of fused-ring (bicyclic) bond motifs is 1. The third-order valence-electron chi connectivity index (χ3n) is 3.70. The number of anilines is 2. The summed E-state index contributed by atoms with van der Waals surface area (Å²) in [5.41, 5.74) is 3.33. The molecule has 0 spiro atoms. The molecule has 0 radical (unpaired) electrons. The first-order valence-electron chi connectivity index (χ1n) is 7.37. The van der Waals surface area contributed by atoms with E-state index in [1.54, 1.807) is 19.1 Å². The summed E-state index contributed by atoms with van der Waals surface area (Å²) in [5.74, 6) is -0.795. The Kier molecular flexibility index (Phi) is 4.12. The van der Waals surface area contributed by atoms with Gasteiger partial charge in [-0.3, -0.25) is 0 Å². The van der Waals surface area contributed by atoms with E-state index in [2.05, 4.69) is 15.3 Å². The molecule has 1 N–H and O–H groups in total. The molecule has 0 unspecified atom stereocenters. The Bertz CT molecular complexity index is 941. The average molecular weight is 325 g/mol. The molecule has 0 fully saturated rings. The van der Waals surface area contributed by atoms with Gasteiger partial charge in [0, 0.05) is 23.0 Å². The van der Waals surface area contributed by atoms with Gasteiger partial charge < -0.3 is 10.1 Å². The van der Waals surface area contributed by atoms with Crippen LogP contribution in [0.4, 0.5) is 15.8 Å². The predicted octanol–water partition coefficient (Wildman–Crippen LogP) is 3.92. The van der Waals surface area contributed by atoms with E-state index in [-0.39, 0.29) is 11.4 Å². The molecule has 6 heteroatoms. The molecule has 3 aromatic rings. The van der Waals surface area contributed by atoms with Gasteiger partial charge in [-0.2, -0.15) is 0 Å². The van der Waals surface area contributed by atoms with Gasteiger partial charge in [-0.25, -0.2) is 19.2 Å². The number of hydrogen-bond acceptors (Lipinski definition) is 5. The number of carbonyl (C=O) groups is 1. The zero-order valence-corrected chi connectivity index (χ0v) is 13.6. The minimum absolute atomic E-state index is 0.286. The lowest BCUT2D eigenvalue weighted by molar-refractivity contribution is 0.0601. The summed E-state index contributed by atoms with van der Waals surface area (Å²) in [6.07, 6.45) is 1.43. The number of aryl methyl sites for hydroxylation is 2. The zero-order chi connectivity index (χ0) is 17.3. The standard InChI is InChI=1S/C18H16FN3O2/c1-10-8-12(5-7-15(10)19)22-16-13-6-4-11(2)21-17(13)20-9-14(16)18(23)24-3/h4-9H,1-3H3,(H,20,21,22). The predicted molar refractivity (Wildman–Crippen MR) is 90.0 cm³/mol. The Morgan fingerprint density at radius 2 is 2.00 bits per heavy atom. The molecule has 0 saturated carbocycles. The number of hydrogen-bond donors (Lipinski definition) is 1. The molecule has 1 aromatic carbocycles. The fourth-order valence-corrected chi connectivity index (χ4v) is 2.44. The maximum Gasteiger partial charge on any atom is 0.341 e. The van der Waals surface area contributed by atoms with Crippen molar-refractivity contribution in [1.29, 1.82) is 0 Å². The summed E-state index contributed by atoms with van der Waals surface area (Å²) in [6.45, 7) is 3.54.